The second kappa shape index (κ2) is 7.04. The van der Waals surface area contributed by atoms with E-state index < -0.39 is 5.97 Å². The fourth-order valence-electron chi connectivity index (χ4n) is 4.22. The van der Waals surface area contributed by atoms with Gasteiger partial charge in [0.15, 0.2) is 0 Å². The molecule has 25 heavy (non-hydrogen) atoms. The maximum atomic E-state index is 11.9. The fourth-order valence-corrected chi connectivity index (χ4v) is 4.22. The Labute approximate surface area is 150 Å². The smallest absolute Gasteiger partial charge is 0.308 e. The molecule has 138 valence electrons. The van der Waals surface area contributed by atoms with Crippen LogP contribution in [0.25, 0.3) is 0 Å². The van der Waals surface area contributed by atoms with Crippen LogP contribution in [0.5, 0.6) is 0 Å². The first-order chi connectivity index (χ1) is 11.8. The first-order valence-corrected chi connectivity index (χ1v) is 9.28. The van der Waals surface area contributed by atoms with Crippen molar-refractivity contribution >= 4 is 5.97 Å². The summed E-state index contributed by atoms with van der Waals surface area (Å²) in [4.78, 5) is 18.7. The first kappa shape index (κ1) is 18.3. The van der Waals surface area contributed by atoms with Gasteiger partial charge in [0.1, 0.15) is 0 Å². The number of likely N-dealkylation sites (tertiary alicyclic amines) is 1. The van der Waals surface area contributed by atoms with E-state index in [2.05, 4.69) is 42.8 Å². The lowest BCUT2D eigenvalue weighted by Crippen LogP contribution is -2.52. The number of piperidine rings is 1. The van der Waals surface area contributed by atoms with E-state index in [-0.39, 0.29) is 16.7 Å². The Bertz CT molecular complexity index is 618. The van der Waals surface area contributed by atoms with Gasteiger partial charge in [0.05, 0.1) is 11.6 Å². The zero-order chi connectivity index (χ0) is 18.1. The van der Waals surface area contributed by atoms with Gasteiger partial charge in [-0.15, -0.1) is 0 Å². The van der Waals surface area contributed by atoms with Crippen molar-refractivity contribution in [3.05, 3.63) is 29.6 Å². The van der Waals surface area contributed by atoms with Crippen LogP contribution in [0, 0.1) is 11.3 Å². The molecule has 0 radical (unpaired) electrons. The molecule has 1 aromatic heterocycles. The number of carboxylic acid groups (broad SMARTS) is 1. The highest BCUT2D eigenvalue weighted by molar-refractivity contribution is 5.71. The molecule has 3 heterocycles. The van der Waals surface area contributed by atoms with Gasteiger partial charge in [-0.1, -0.05) is 20.8 Å². The second-order valence-electron chi connectivity index (χ2n) is 8.64. The normalized spacial score (nSPS) is 24.4. The third-order valence-electron chi connectivity index (χ3n) is 5.96. The average molecular weight is 346 g/mol. The van der Waals surface area contributed by atoms with Crippen LogP contribution in [0.3, 0.4) is 0 Å². The van der Waals surface area contributed by atoms with E-state index in [1.54, 1.807) is 0 Å². The number of aromatic nitrogens is 1. The predicted molar refractivity (Wildman–Crippen MR) is 96.4 cm³/mol. The zero-order valence-electron chi connectivity index (χ0n) is 15.6. The molecule has 2 fully saturated rings. The van der Waals surface area contributed by atoms with E-state index in [4.69, 9.17) is 4.74 Å². The topological polar surface area (TPSA) is 62.7 Å². The summed E-state index contributed by atoms with van der Waals surface area (Å²) >= 11 is 0. The molecule has 1 unspecified atom stereocenters. The molecular formula is C20H30N2O3. The quantitative estimate of drug-likeness (QED) is 0.911. The van der Waals surface area contributed by atoms with E-state index in [1.807, 2.05) is 6.20 Å². The summed E-state index contributed by atoms with van der Waals surface area (Å²) in [5.41, 5.74) is 2.31. The highest BCUT2D eigenvalue weighted by Gasteiger charge is 2.47. The Morgan fingerprint density at radius 3 is 2.72 bits per heavy atom. The molecule has 1 spiro atoms. The number of nitrogens with zero attached hydrogens (tertiary/aromatic N) is 2. The van der Waals surface area contributed by atoms with Crippen molar-refractivity contribution in [1.82, 2.24) is 9.88 Å². The molecule has 2 aliphatic rings. The van der Waals surface area contributed by atoms with Crippen molar-refractivity contribution in [3.8, 4) is 0 Å². The number of aliphatic carboxylic acids is 1. The molecule has 1 N–H and O–H groups in total. The number of hydrogen-bond donors (Lipinski definition) is 1. The lowest BCUT2D eigenvalue weighted by Gasteiger charge is -2.48. The summed E-state index contributed by atoms with van der Waals surface area (Å²) < 4.78 is 5.48. The first-order valence-electron chi connectivity index (χ1n) is 9.28. The molecule has 3 rings (SSSR count). The van der Waals surface area contributed by atoms with Crippen LogP contribution in [0.1, 0.15) is 51.3 Å². The molecule has 2 aliphatic heterocycles. The van der Waals surface area contributed by atoms with E-state index in [1.165, 1.54) is 5.56 Å². The lowest BCUT2D eigenvalue weighted by atomic mass is 9.65. The highest BCUT2D eigenvalue weighted by Crippen LogP contribution is 2.45. The predicted octanol–water partition coefficient (Wildman–Crippen LogP) is 3.08. The Morgan fingerprint density at radius 1 is 1.36 bits per heavy atom. The number of rotatable bonds is 3. The number of carboxylic acids is 1. The maximum Gasteiger partial charge on any atom is 0.308 e. The molecule has 5 nitrogen and oxygen atoms in total. The summed E-state index contributed by atoms with van der Waals surface area (Å²) in [6.07, 6.45) is 4.55. The Kier molecular flexibility index (Phi) is 5.16. The SMILES string of the molecule is CC(C)(C)c1ccnc(CN2CCC3(CCOCC3)C(C(=O)O)C2)c1. The second-order valence-corrected chi connectivity index (χ2v) is 8.64. The molecule has 0 aromatic carbocycles. The molecule has 0 bridgehead atoms. The summed E-state index contributed by atoms with van der Waals surface area (Å²) in [7, 11) is 0. The molecule has 0 aliphatic carbocycles. The van der Waals surface area contributed by atoms with Crippen LogP contribution in [-0.2, 0) is 21.5 Å². The van der Waals surface area contributed by atoms with Gasteiger partial charge in [0.25, 0.3) is 0 Å². The minimum absolute atomic E-state index is 0.0821. The third kappa shape index (κ3) is 4.04. The van der Waals surface area contributed by atoms with Gasteiger partial charge in [0.2, 0.25) is 0 Å². The molecule has 0 amide bonds. The van der Waals surface area contributed by atoms with Crippen LogP contribution in [0.2, 0.25) is 0 Å². The van der Waals surface area contributed by atoms with Crippen molar-refractivity contribution in [2.75, 3.05) is 26.3 Å². The number of pyridine rings is 1. The third-order valence-corrected chi connectivity index (χ3v) is 5.96. The van der Waals surface area contributed by atoms with Crippen molar-refractivity contribution in [2.24, 2.45) is 11.3 Å². The van der Waals surface area contributed by atoms with Crippen molar-refractivity contribution < 1.29 is 14.6 Å². The van der Waals surface area contributed by atoms with Crippen LogP contribution < -0.4 is 0 Å². The monoisotopic (exact) mass is 346 g/mol. The van der Waals surface area contributed by atoms with Gasteiger partial charge in [0, 0.05) is 32.5 Å². The van der Waals surface area contributed by atoms with Gasteiger partial charge in [-0.2, -0.15) is 0 Å². The van der Waals surface area contributed by atoms with Crippen LogP contribution in [0.15, 0.2) is 18.3 Å². The van der Waals surface area contributed by atoms with Gasteiger partial charge in [-0.3, -0.25) is 14.7 Å². The van der Waals surface area contributed by atoms with Gasteiger partial charge >= 0.3 is 5.97 Å². The molecule has 1 aromatic rings. The lowest BCUT2D eigenvalue weighted by molar-refractivity contribution is -0.156. The van der Waals surface area contributed by atoms with Crippen molar-refractivity contribution in [1.29, 1.82) is 0 Å². The van der Waals surface area contributed by atoms with Gasteiger partial charge < -0.3 is 9.84 Å². The van der Waals surface area contributed by atoms with Gasteiger partial charge in [-0.25, -0.2) is 0 Å². The summed E-state index contributed by atoms with van der Waals surface area (Å²) in [5, 5.41) is 9.81. The maximum absolute atomic E-state index is 11.9. The Hall–Kier alpha value is -1.46. The Morgan fingerprint density at radius 2 is 2.08 bits per heavy atom. The summed E-state index contributed by atoms with van der Waals surface area (Å²) in [6.45, 7) is 10.2. The van der Waals surface area contributed by atoms with E-state index in [0.29, 0.717) is 19.8 Å². The van der Waals surface area contributed by atoms with Crippen molar-refractivity contribution in [3.63, 3.8) is 0 Å². The zero-order valence-corrected chi connectivity index (χ0v) is 15.6. The number of carbonyl (C=O) groups is 1. The summed E-state index contributed by atoms with van der Waals surface area (Å²) in [6, 6.07) is 4.23. The summed E-state index contributed by atoms with van der Waals surface area (Å²) in [5.74, 6) is -0.973. The minimum Gasteiger partial charge on any atom is -0.481 e. The van der Waals surface area contributed by atoms with E-state index in [9.17, 15) is 9.90 Å². The molecule has 2 saturated heterocycles. The largest absolute Gasteiger partial charge is 0.481 e. The molecule has 1 atom stereocenters. The highest BCUT2D eigenvalue weighted by atomic mass is 16.5. The Balaban J connectivity index is 1.72. The van der Waals surface area contributed by atoms with Crippen LogP contribution in [0.4, 0.5) is 0 Å². The van der Waals surface area contributed by atoms with Crippen molar-refractivity contribution in [2.45, 2.75) is 52.0 Å². The minimum atomic E-state index is -0.664. The fraction of sp³-hybridized carbons (Fsp3) is 0.700. The number of hydrogen-bond acceptors (Lipinski definition) is 4. The number of ether oxygens (including phenoxy) is 1. The van der Waals surface area contributed by atoms with E-state index in [0.717, 1.165) is 38.0 Å². The average Bonchev–Trinajstić information content (AvgIpc) is 2.57. The molecule has 5 heteroatoms. The van der Waals surface area contributed by atoms with Gasteiger partial charge in [-0.05, 0) is 54.3 Å². The molecular weight excluding hydrogens is 316 g/mol. The van der Waals surface area contributed by atoms with Crippen LogP contribution in [-0.4, -0.2) is 47.3 Å². The van der Waals surface area contributed by atoms with Crippen LogP contribution >= 0.6 is 0 Å². The standard InChI is InChI=1S/C20H30N2O3/c1-19(2,3)15-4-8-21-16(12-15)13-22-9-5-20(6-10-25-11-7-20)17(14-22)18(23)24/h4,8,12,17H,5-7,9-11,13-14H2,1-3H3,(H,23,24). The molecule has 0 saturated carbocycles. The van der Waals surface area contributed by atoms with E-state index >= 15 is 0 Å².